The number of allylic oxidation sites excluding steroid dienone is 2. The molecule has 2 saturated heterocycles. The predicted octanol–water partition coefficient (Wildman–Crippen LogP) is -0.213. The molecular formula is C26H40O10. The van der Waals surface area contributed by atoms with Crippen molar-refractivity contribution in [2.45, 2.75) is 88.9 Å². The average Bonchev–Trinajstić information content (AvgIpc) is 3.16. The van der Waals surface area contributed by atoms with E-state index in [4.69, 9.17) is 14.2 Å². The Morgan fingerprint density at radius 1 is 1.11 bits per heavy atom. The molecule has 2 aliphatic heterocycles. The second kappa shape index (κ2) is 10.4. The van der Waals surface area contributed by atoms with Gasteiger partial charge in [-0.05, 0) is 49.4 Å². The molecular weight excluding hydrogens is 472 g/mol. The Morgan fingerprint density at radius 2 is 1.83 bits per heavy atom. The Bertz CT molecular complexity index is 873. The highest BCUT2D eigenvalue weighted by atomic mass is 16.7. The van der Waals surface area contributed by atoms with Crippen LogP contribution in [-0.4, -0.2) is 99.3 Å². The second-order valence-electron chi connectivity index (χ2n) is 11.4. The Balaban J connectivity index is 1.54. The molecule has 0 aromatic heterocycles. The van der Waals surface area contributed by atoms with E-state index in [2.05, 4.69) is 13.5 Å². The molecule has 0 amide bonds. The number of carbonyl (C=O) groups is 1. The minimum Gasteiger partial charge on any atom is -0.459 e. The lowest BCUT2D eigenvalue weighted by Gasteiger charge is -2.60. The summed E-state index contributed by atoms with van der Waals surface area (Å²) in [6, 6.07) is 0. The third kappa shape index (κ3) is 4.67. The van der Waals surface area contributed by atoms with Crippen LogP contribution in [-0.2, 0) is 19.0 Å². The van der Waals surface area contributed by atoms with Crippen LogP contribution in [0.4, 0.5) is 0 Å². The number of aliphatic hydroxyl groups is 6. The fraction of sp³-hybridized carbons (Fsp3) is 0.808. The highest BCUT2D eigenvalue weighted by Crippen LogP contribution is 2.62. The number of esters is 1. The lowest BCUT2D eigenvalue weighted by molar-refractivity contribution is -0.313. The van der Waals surface area contributed by atoms with Crippen LogP contribution in [0.2, 0.25) is 0 Å². The molecule has 0 bridgehead atoms. The lowest BCUT2D eigenvalue weighted by atomic mass is 9.46. The fourth-order valence-electron chi connectivity index (χ4n) is 7.01. The van der Waals surface area contributed by atoms with E-state index < -0.39 is 60.9 Å². The highest BCUT2D eigenvalue weighted by molar-refractivity contribution is 5.91. The van der Waals surface area contributed by atoms with Crippen molar-refractivity contribution in [3.63, 3.8) is 0 Å². The lowest BCUT2D eigenvalue weighted by Crippen LogP contribution is -2.61. The summed E-state index contributed by atoms with van der Waals surface area (Å²) >= 11 is 0. The maximum atomic E-state index is 12.0. The molecule has 4 fully saturated rings. The molecule has 204 valence electrons. The summed E-state index contributed by atoms with van der Waals surface area (Å²) in [5.41, 5.74) is 0.356. The Kier molecular flexibility index (Phi) is 8.00. The normalized spacial score (nSPS) is 48.7. The predicted molar refractivity (Wildman–Crippen MR) is 126 cm³/mol. The largest absolute Gasteiger partial charge is 0.459 e. The highest BCUT2D eigenvalue weighted by Gasteiger charge is 2.58. The van der Waals surface area contributed by atoms with Gasteiger partial charge in [0.1, 0.15) is 37.1 Å². The molecule has 4 rings (SSSR count). The van der Waals surface area contributed by atoms with Crippen LogP contribution >= 0.6 is 0 Å². The third-order valence-corrected chi connectivity index (χ3v) is 9.30. The van der Waals surface area contributed by atoms with E-state index in [0.717, 1.165) is 24.8 Å². The standard InChI is InChI=1S/C26H40O10/c1-13-4-7-18-25(2,15(13)6-5-14-16(28)11-34-23(14)33)9-8-19(29)26(18,3)12-35-24-22(32)21(31)20(30)17(10-27)36-24/h5,15-22,24,27-32H,1,4,6-12H2,2-3H3/b14-5+/t15-,16?,17?,18+,19?,20?,21?,22?,24?,25+,26+/m1/s1. The van der Waals surface area contributed by atoms with E-state index in [1.165, 1.54) is 0 Å². The first-order valence-corrected chi connectivity index (χ1v) is 12.8. The summed E-state index contributed by atoms with van der Waals surface area (Å²) < 4.78 is 16.4. The number of fused-ring (bicyclic) bond motifs is 1. The molecule has 0 radical (unpaired) electrons. The Labute approximate surface area is 211 Å². The first-order chi connectivity index (χ1) is 16.9. The molecule has 0 spiro atoms. The van der Waals surface area contributed by atoms with Crippen LogP contribution in [0.5, 0.6) is 0 Å². The van der Waals surface area contributed by atoms with Gasteiger partial charge in [-0.3, -0.25) is 0 Å². The van der Waals surface area contributed by atoms with E-state index in [1.54, 1.807) is 6.08 Å². The van der Waals surface area contributed by atoms with Gasteiger partial charge in [0.05, 0.1) is 24.9 Å². The van der Waals surface area contributed by atoms with Crippen molar-refractivity contribution in [2.75, 3.05) is 19.8 Å². The Morgan fingerprint density at radius 3 is 2.47 bits per heavy atom. The van der Waals surface area contributed by atoms with Gasteiger partial charge in [0.2, 0.25) is 0 Å². The summed E-state index contributed by atoms with van der Waals surface area (Å²) in [6.07, 6.45) is -3.42. The van der Waals surface area contributed by atoms with Crippen molar-refractivity contribution in [1.82, 2.24) is 0 Å². The van der Waals surface area contributed by atoms with Crippen LogP contribution in [0.1, 0.15) is 46.0 Å². The number of hydrogen-bond acceptors (Lipinski definition) is 10. The van der Waals surface area contributed by atoms with E-state index in [0.29, 0.717) is 12.8 Å². The van der Waals surface area contributed by atoms with E-state index in [1.807, 2.05) is 6.92 Å². The number of cyclic esters (lactones) is 1. The zero-order valence-electron chi connectivity index (χ0n) is 21.0. The van der Waals surface area contributed by atoms with Gasteiger partial charge in [0.25, 0.3) is 0 Å². The smallest absolute Gasteiger partial charge is 0.336 e. The van der Waals surface area contributed by atoms with Gasteiger partial charge in [-0.25, -0.2) is 4.79 Å². The zero-order chi connectivity index (χ0) is 26.4. The fourth-order valence-corrected chi connectivity index (χ4v) is 7.01. The number of hydrogen-bond donors (Lipinski definition) is 6. The van der Waals surface area contributed by atoms with Gasteiger partial charge in [0.15, 0.2) is 6.29 Å². The molecule has 7 unspecified atom stereocenters. The van der Waals surface area contributed by atoms with Crippen LogP contribution < -0.4 is 0 Å². The molecule has 2 heterocycles. The summed E-state index contributed by atoms with van der Waals surface area (Å²) in [6.45, 7) is 7.89. The summed E-state index contributed by atoms with van der Waals surface area (Å²) in [5, 5.41) is 61.3. The van der Waals surface area contributed by atoms with Crippen molar-refractivity contribution in [3.05, 3.63) is 23.8 Å². The molecule has 36 heavy (non-hydrogen) atoms. The molecule has 6 N–H and O–H groups in total. The topological polar surface area (TPSA) is 166 Å². The maximum absolute atomic E-state index is 12.0. The van der Waals surface area contributed by atoms with Gasteiger partial charge in [0, 0.05) is 5.41 Å². The van der Waals surface area contributed by atoms with Crippen molar-refractivity contribution in [2.24, 2.45) is 22.7 Å². The SMILES string of the molecule is C=C1CC[C@H]2[C@@](C)(CCC(O)[C@@]2(C)COC2OC(CO)C(O)C(O)C2O)[C@@H]1C/C=C1/C(=O)OCC1O. The summed E-state index contributed by atoms with van der Waals surface area (Å²) in [5.74, 6) is -0.473. The van der Waals surface area contributed by atoms with Gasteiger partial charge in [-0.15, -0.1) is 0 Å². The number of ether oxygens (including phenoxy) is 3. The minimum absolute atomic E-state index is 0.00740. The first-order valence-electron chi connectivity index (χ1n) is 12.8. The molecule has 0 aromatic carbocycles. The summed E-state index contributed by atoms with van der Waals surface area (Å²) in [4.78, 5) is 12.0. The van der Waals surface area contributed by atoms with Gasteiger partial charge in [-0.2, -0.15) is 0 Å². The van der Waals surface area contributed by atoms with E-state index in [-0.39, 0.29) is 36.0 Å². The quantitative estimate of drug-likeness (QED) is 0.159. The third-order valence-electron chi connectivity index (χ3n) is 9.30. The Hall–Kier alpha value is -1.37. The zero-order valence-corrected chi connectivity index (χ0v) is 21.0. The second-order valence-corrected chi connectivity index (χ2v) is 11.4. The molecule has 4 aliphatic rings. The van der Waals surface area contributed by atoms with Gasteiger partial charge in [-0.1, -0.05) is 32.1 Å². The summed E-state index contributed by atoms with van der Waals surface area (Å²) in [7, 11) is 0. The number of aliphatic hydroxyl groups excluding tert-OH is 6. The van der Waals surface area contributed by atoms with Crippen LogP contribution in [0.15, 0.2) is 23.8 Å². The molecule has 2 saturated carbocycles. The molecule has 11 atom stereocenters. The minimum atomic E-state index is -1.54. The number of carbonyl (C=O) groups excluding carboxylic acids is 1. The van der Waals surface area contributed by atoms with Crippen molar-refractivity contribution in [3.8, 4) is 0 Å². The molecule has 10 nitrogen and oxygen atoms in total. The maximum Gasteiger partial charge on any atom is 0.336 e. The number of rotatable bonds is 6. The van der Waals surface area contributed by atoms with E-state index in [9.17, 15) is 35.4 Å². The first kappa shape index (κ1) is 27.7. The van der Waals surface area contributed by atoms with Crippen molar-refractivity contribution >= 4 is 5.97 Å². The average molecular weight is 513 g/mol. The van der Waals surface area contributed by atoms with Crippen molar-refractivity contribution in [1.29, 1.82) is 0 Å². The van der Waals surface area contributed by atoms with Crippen molar-refractivity contribution < 1.29 is 49.6 Å². The van der Waals surface area contributed by atoms with Crippen LogP contribution in [0.3, 0.4) is 0 Å². The molecule has 2 aliphatic carbocycles. The van der Waals surface area contributed by atoms with Gasteiger partial charge < -0.3 is 44.8 Å². The molecule has 0 aromatic rings. The van der Waals surface area contributed by atoms with Gasteiger partial charge >= 0.3 is 5.97 Å². The van der Waals surface area contributed by atoms with Crippen LogP contribution in [0.25, 0.3) is 0 Å². The monoisotopic (exact) mass is 512 g/mol. The molecule has 10 heteroatoms. The van der Waals surface area contributed by atoms with Crippen LogP contribution in [0, 0.1) is 22.7 Å². The van der Waals surface area contributed by atoms with E-state index >= 15 is 0 Å².